The van der Waals surface area contributed by atoms with Crippen molar-refractivity contribution < 1.29 is 9.53 Å². The molecule has 0 radical (unpaired) electrons. The Kier molecular flexibility index (Phi) is 4.33. The van der Waals surface area contributed by atoms with E-state index < -0.39 is 0 Å². The topological polar surface area (TPSA) is 41.6 Å². The zero-order valence-electron chi connectivity index (χ0n) is 11.0. The average molecular weight is 248 g/mol. The third kappa shape index (κ3) is 3.09. The molecular formula is C14H20N2O2. The molecule has 1 unspecified atom stereocenters. The van der Waals surface area contributed by atoms with Crippen molar-refractivity contribution in [3.05, 3.63) is 29.8 Å². The summed E-state index contributed by atoms with van der Waals surface area (Å²) in [6, 6.07) is 8.05. The number of carbonyl (C=O) groups excluding carboxylic acids is 1. The van der Waals surface area contributed by atoms with Gasteiger partial charge in [0.25, 0.3) is 0 Å². The number of rotatable bonds is 3. The molecule has 1 aliphatic rings. The number of anilines is 1. The van der Waals surface area contributed by atoms with Crippen LogP contribution in [0.15, 0.2) is 24.3 Å². The standard InChI is InChI=1S/C14H20N2O2/c1-11-5-3-4-6-13(11)16(2)14(17)9-12-10-18-8-7-15-12/h3-6,12,15H,7-10H2,1-2H3. The second-order valence-corrected chi connectivity index (χ2v) is 4.67. The van der Waals surface area contributed by atoms with Gasteiger partial charge in [-0.2, -0.15) is 0 Å². The first-order valence-electron chi connectivity index (χ1n) is 6.32. The molecule has 1 amide bonds. The molecule has 98 valence electrons. The lowest BCUT2D eigenvalue weighted by Crippen LogP contribution is -2.44. The number of benzene rings is 1. The molecule has 0 spiro atoms. The summed E-state index contributed by atoms with van der Waals surface area (Å²) in [5.41, 5.74) is 2.08. The SMILES string of the molecule is Cc1ccccc1N(C)C(=O)CC1COCCN1. The summed E-state index contributed by atoms with van der Waals surface area (Å²) in [4.78, 5) is 13.9. The van der Waals surface area contributed by atoms with E-state index in [4.69, 9.17) is 4.74 Å². The molecule has 0 aliphatic carbocycles. The highest BCUT2D eigenvalue weighted by molar-refractivity contribution is 5.93. The molecule has 0 bridgehead atoms. The molecule has 1 aromatic carbocycles. The van der Waals surface area contributed by atoms with Crippen LogP contribution >= 0.6 is 0 Å². The van der Waals surface area contributed by atoms with Gasteiger partial charge in [0.1, 0.15) is 0 Å². The maximum Gasteiger partial charge on any atom is 0.228 e. The molecule has 0 saturated carbocycles. The number of carbonyl (C=O) groups is 1. The Morgan fingerprint density at radius 3 is 2.94 bits per heavy atom. The number of nitrogens with one attached hydrogen (secondary N) is 1. The lowest BCUT2D eigenvalue weighted by molar-refractivity contribution is -0.119. The summed E-state index contributed by atoms with van der Waals surface area (Å²) in [5, 5.41) is 3.30. The lowest BCUT2D eigenvalue weighted by atomic mass is 10.1. The molecule has 1 atom stereocenters. The number of para-hydroxylation sites is 1. The number of nitrogens with zero attached hydrogens (tertiary/aromatic N) is 1. The highest BCUT2D eigenvalue weighted by Gasteiger charge is 2.20. The van der Waals surface area contributed by atoms with Gasteiger partial charge in [-0.1, -0.05) is 18.2 Å². The first-order chi connectivity index (χ1) is 8.68. The summed E-state index contributed by atoms with van der Waals surface area (Å²) in [6.07, 6.45) is 0.477. The Morgan fingerprint density at radius 1 is 1.50 bits per heavy atom. The fourth-order valence-electron chi connectivity index (χ4n) is 2.17. The van der Waals surface area contributed by atoms with Crippen molar-refractivity contribution >= 4 is 11.6 Å². The van der Waals surface area contributed by atoms with E-state index in [2.05, 4.69) is 5.32 Å². The quantitative estimate of drug-likeness (QED) is 0.877. The summed E-state index contributed by atoms with van der Waals surface area (Å²) >= 11 is 0. The van der Waals surface area contributed by atoms with Gasteiger partial charge in [-0.05, 0) is 18.6 Å². The van der Waals surface area contributed by atoms with Gasteiger partial charge >= 0.3 is 0 Å². The van der Waals surface area contributed by atoms with E-state index in [1.807, 2.05) is 38.2 Å². The lowest BCUT2D eigenvalue weighted by Gasteiger charge is -2.26. The molecule has 1 aliphatic heterocycles. The molecular weight excluding hydrogens is 228 g/mol. The van der Waals surface area contributed by atoms with E-state index >= 15 is 0 Å². The van der Waals surface area contributed by atoms with E-state index in [-0.39, 0.29) is 11.9 Å². The Hall–Kier alpha value is -1.39. The highest BCUT2D eigenvalue weighted by Crippen LogP contribution is 2.19. The van der Waals surface area contributed by atoms with E-state index in [1.165, 1.54) is 0 Å². The van der Waals surface area contributed by atoms with Crippen LogP contribution in [0.4, 0.5) is 5.69 Å². The van der Waals surface area contributed by atoms with Gasteiger partial charge in [0, 0.05) is 31.7 Å². The Morgan fingerprint density at radius 2 is 2.28 bits per heavy atom. The third-order valence-electron chi connectivity index (χ3n) is 3.27. The van der Waals surface area contributed by atoms with Crippen molar-refractivity contribution in [1.82, 2.24) is 5.32 Å². The van der Waals surface area contributed by atoms with Crippen molar-refractivity contribution in [3.63, 3.8) is 0 Å². The third-order valence-corrected chi connectivity index (χ3v) is 3.27. The van der Waals surface area contributed by atoms with Crippen LogP contribution in [-0.2, 0) is 9.53 Å². The molecule has 1 N–H and O–H groups in total. The van der Waals surface area contributed by atoms with Gasteiger partial charge in [0.2, 0.25) is 5.91 Å². The monoisotopic (exact) mass is 248 g/mol. The molecule has 1 saturated heterocycles. The molecule has 18 heavy (non-hydrogen) atoms. The molecule has 1 heterocycles. The van der Waals surface area contributed by atoms with Crippen LogP contribution in [0.2, 0.25) is 0 Å². The maximum absolute atomic E-state index is 12.2. The molecule has 4 heteroatoms. The van der Waals surface area contributed by atoms with Crippen molar-refractivity contribution in [1.29, 1.82) is 0 Å². The zero-order chi connectivity index (χ0) is 13.0. The first kappa shape index (κ1) is 13.1. The van der Waals surface area contributed by atoms with Gasteiger partial charge in [0.05, 0.1) is 13.2 Å². The minimum absolute atomic E-state index is 0.118. The normalized spacial score (nSPS) is 19.6. The Balaban J connectivity index is 1.98. The van der Waals surface area contributed by atoms with Crippen LogP contribution in [0.5, 0.6) is 0 Å². The first-order valence-corrected chi connectivity index (χ1v) is 6.32. The average Bonchev–Trinajstić information content (AvgIpc) is 2.39. The van der Waals surface area contributed by atoms with Crippen LogP contribution in [0.25, 0.3) is 0 Å². The van der Waals surface area contributed by atoms with Crippen molar-refractivity contribution in [3.8, 4) is 0 Å². The van der Waals surface area contributed by atoms with Crippen LogP contribution in [-0.4, -0.2) is 38.8 Å². The van der Waals surface area contributed by atoms with Crippen molar-refractivity contribution in [2.24, 2.45) is 0 Å². The largest absolute Gasteiger partial charge is 0.378 e. The fourth-order valence-corrected chi connectivity index (χ4v) is 2.17. The number of hydrogen-bond acceptors (Lipinski definition) is 3. The van der Waals surface area contributed by atoms with E-state index in [0.717, 1.165) is 24.4 Å². The van der Waals surface area contributed by atoms with Crippen LogP contribution in [0.3, 0.4) is 0 Å². The number of amides is 1. The predicted molar refractivity (Wildman–Crippen MR) is 71.8 cm³/mol. The summed E-state index contributed by atoms with van der Waals surface area (Å²) in [7, 11) is 1.83. The smallest absolute Gasteiger partial charge is 0.228 e. The summed E-state index contributed by atoms with van der Waals surface area (Å²) in [5.74, 6) is 0.118. The zero-order valence-corrected chi connectivity index (χ0v) is 11.0. The number of hydrogen-bond donors (Lipinski definition) is 1. The fraction of sp³-hybridized carbons (Fsp3) is 0.500. The Bertz CT molecular complexity index is 414. The molecule has 0 aromatic heterocycles. The minimum atomic E-state index is 0.118. The van der Waals surface area contributed by atoms with Crippen LogP contribution < -0.4 is 10.2 Å². The van der Waals surface area contributed by atoms with Crippen molar-refractivity contribution in [2.45, 2.75) is 19.4 Å². The van der Waals surface area contributed by atoms with E-state index in [1.54, 1.807) is 4.90 Å². The van der Waals surface area contributed by atoms with E-state index in [9.17, 15) is 4.79 Å². The van der Waals surface area contributed by atoms with Gasteiger partial charge in [-0.3, -0.25) is 4.79 Å². The van der Waals surface area contributed by atoms with Gasteiger partial charge in [-0.15, -0.1) is 0 Å². The molecule has 4 nitrogen and oxygen atoms in total. The highest BCUT2D eigenvalue weighted by atomic mass is 16.5. The van der Waals surface area contributed by atoms with Gasteiger partial charge < -0.3 is 15.0 Å². The van der Waals surface area contributed by atoms with Gasteiger partial charge in [0.15, 0.2) is 0 Å². The van der Waals surface area contributed by atoms with Crippen LogP contribution in [0.1, 0.15) is 12.0 Å². The van der Waals surface area contributed by atoms with E-state index in [0.29, 0.717) is 13.0 Å². The summed E-state index contributed by atoms with van der Waals surface area (Å²) in [6.45, 7) is 4.19. The number of morpholine rings is 1. The maximum atomic E-state index is 12.2. The summed E-state index contributed by atoms with van der Waals surface area (Å²) < 4.78 is 5.36. The Labute approximate surface area is 108 Å². The molecule has 1 aromatic rings. The van der Waals surface area contributed by atoms with Crippen LogP contribution in [0, 0.1) is 6.92 Å². The molecule has 1 fully saturated rings. The molecule has 2 rings (SSSR count). The number of ether oxygens (including phenoxy) is 1. The second-order valence-electron chi connectivity index (χ2n) is 4.67. The van der Waals surface area contributed by atoms with Gasteiger partial charge in [-0.25, -0.2) is 0 Å². The predicted octanol–water partition coefficient (Wildman–Crippen LogP) is 1.34. The minimum Gasteiger partial charge on any atom is -0.378 e. The van der Waals surface area contributed by atoms with Crippen molar-refractivity contribution in [2.75, 3.05) is 31.7 Å². The second kappa shape index (κ2) is 5.98. The number of aryl methyl sites for hydroxylation is 1.